The number of rotatable bonds is 2. The van der Waals surface area contributed by atoms with E-state index in [-0.39, 0.29) is 12.4 Å². The maximum absolute atomic E-state index is 2.33. The van der Waals surface area contributed by atoms with Gasteiger partial charge in [-0.1, -0.05) is 6.92 Å². The molecule has 0 saturated carbocycles. The molecule has 0 bridgehead atoms. The van der Waals surface area contributed by atoms with Crippen LogP contribution in [-0.4, -0.2) is 19.1 Å². The van der Waals surface area contributed by atoms with Crippen molar-refractivity contribution in [2.45, 2.75) is 45.6 Å². The van der Waals surface area contributed by atoms with E-state index in [0.29, 0.717) is 0 Å². The highest BCUT2D eigenvalue weighted by Crippen LogP contribution is 2.04. The molecule has 68 valence electrons. The van der Waals surface area contributed by atoms with Crippen molar-refractivity contribution in [2.24, 2.45) is 0 Å². The Bertz CT molecular complexity index is 83.6. The van der Waals surface area contributed by atoms with Gasteiger partial charge < -0.3 is 17.3 Å². The van der Waals surface area contributed by atoms with Crippen LogP contribution in [0, 0.1) is 0 Å². The zero-order valence-electron chi connectivity index (χ0n) is 7.70. The highest BCUT2D eigenvalue weighted by Gasteiger charge is 2.21. The lowest BCUT2D eigenvalue weighted by Gasteiger charge is -2.30. The maximum atomic E-state index is 2.33. The monoisotopic (exact) mass is 177 g/mol. The summed E-state index contributed by atoms with van der Waals surface area (Å²) < 4.78 is 0. The third-order valence-corrected chi connectivity index (χ3v) is 2.82. The van der Waals surface area contributed by atoms with Gasteiger partial charge in [-0.25, -0.2) is 0 Å². The van der Waals surface area contributed by atoms with E-state index in [1.54, 1.807) is 0 Å². The van der Waals surface area contributed by atoms with E-state index in [0.717, 1.165) is 6.04 Å². The summed E-state index contributed by atoms with van der Waals surface area (Å²) in [7, 11) is 0. The Hall–Kier alpha value is 0.250. The molecule has 1 N–H and O–H groups in total. The van der Waals surface area contributed by atoms with Crippen molar-refractivity contribution >= 4 is 0 Å². The van der Waals surface area contributed by atoms with E-state index in [1.807, 2.05) is 4.90 Å². The molecular weight excluding hydrogens is 158 g/mol. The van der Waals surface area contributed by atoms with Crippen molar-refractivity contribution in [3.8, 4) is 0 Å². The van der Waals surface area contributed by atoms with Gasteiger partial charge in [0.1, 0.15) is 0 Å². The van der Waals surface area contributed by atoms with E-state index in [1.165, 1.54) is 38.8 Å². The number of halogens is 1. The van der Waals surface area contributed by atoms with Gasteiger partial charge in [-0.15, -0.1) is 0 Å². The standard InChI is InChI=1S/C9H19N.ClH/c1-3-9-7-5-6-8-10(9)4-2;/h9H,3-8H2,1-2H3;1H. The normalized spacial score (nSPS) is 31.1. The Labute approximate surface area is 76.6 Å². The van der Waals surface area contributed by atoms with Gasteiger partial charge in [0.15, 0.2) is 0 Å². The minimum atomic E-state index is 0. The van der Waals surface area contributed by atoms with E-state index in [2.05, 4.69) is 13.8 Å². The highest BCUT2D eigenvalue weighted by atomic mass is 35.5. The Morgan fingerprint density at radius 1 is 1.27 bits per heavy atom. The Morgan fingerprint density at radius 3 is 2.45 bits per heavy atom. The van der Waals surface area contributed by atoms with Crippen molar-refractivity contribution in [1.29, 1.82) is 0 Å². The molecule has 1 rings (SSSR count). The smallest absolute Gasteiger partial charge is 0.0871 e. The van der Waals surface area contributed by atoms with Gasteiger partial charge in [0.25, 0.3) is 0 Å². The van der Waals surface area contributed by atoms with Gasteiger partial charge in [-0.3, -0.25) is 0 Å². The zero-order valence-corrected chi connectivity index (χ0v) is 8.45. The molecule has 1 nitrogen and oxygen atoms in total. The molecule has 1 aliphatic rings. The predicted octanol–water partition coefficient (Wildman–Crippen LogP) is -2.14. The number of quaternary nitrogens is 1. The second kappa shape index (κ2) is 5.84. The number of piperidine rings is 1. The molecule has 0 aromatic heterocycles. The molecule has 1 fully saturated rings. The van der Waals surface area contributed by atoms with Gasteiger partial charge in [0, 0.05) is 0 Å². The third-order valence-electron chi connectivity index (χ3n) is 2.82. The molecule has 0 spiro atoms. The number of likely N-dealkylation sites (tertiary alicyclic amines) is 1. The van der Waals surface area contributed by atoms with Crippen LogP contribution in [0.5, 0.6) is 0 Å². The van der Waals surface area contributed by atoms with Crippen LogP contribution in [0.15, 0.2) is 0 Å². The van der Waals surface area contributed by atoms with E-state index >= 15 is 0 Å². The molecule has 11 heavy (non-hydrogen) atoms. The highest BCUT2D eigenvalue weighted by molar-refractivity contribution is 4.58. The first-order chi connectivity index (χ1) is 4.88. The van der Waals surface area contributed by atoms with E-state index < -0.39 is 0 Å². The molecule has 2 unspecified atom stereocenters. The first-order valence-corrected chi connectivity index (χ1v) is 4.73. The number of hydrogen-bond donors (Lipinski definition) is 1. The number of nitrogens with one attached hydrogen (secondary N) is 1. The molecule has 0 amide bonds. The van der Waals surface area contributed by atoms with Crippen LogP contribution in [0.25, 0.3) is 0 Å². The minimum Gasteiger partial charge on any atom is -1.00 e. The Morgan fingerprint density at radius 2 is 2.00 bits per heavy atom. The average Bonchev–Trinajstić information content (AvgIpc) is 2.04. The molecular formula is C9H20ClN. The quantitative estimate of drug-likeness (QED) is 0.491. The van der Waals surface area contributed by atoms with Crippen molar-refractivity contribution in [3.05, 3.63) is 0 Å². The molecule has 0 radical (unpaired) electrons. The maximum Gasteiger partial charge on any atom is 0.0871 e. The Balaban J connectivity index is 0.000001000. The zero-order chi connectivity index (χ0) is 7.40. The van der Waals surface area contributed by atoms with Crippen LogP contribution < -0.4 is 17.3 Å². The number of hydrogen-bond acceptors (Lipinski definition) is 0. The van der Waals surface area contributed by atoms with E-state index in [9.17, 15) is 0 Å². The molecule has 2 atom stereocenters. The van der Waals surface area contributed by atoms with Gasteiger partial charge in [-0.2, -0.15) is 0 Å². The van der Waals surface area contributed by atoms with Crippen LogP contribution in [0.2, 0.25) is 0 Å². The Kier molecular flexibility index (Phi) is 5.98. The van der Waals surface area contributed by atoms with Crippen molar-refractivity contribution < 1.29 is 17.3 Å². The molecule has 2 heteroatoms. The van der Waals surface area contributed by atoms with Gasteiger partial charge in [0.05, 0.1) is 19.1 Å². The summed E-state index contributed by atoms with van der Waals surface area (Å²) in [5, 5.41) is 0. The lowest BCUT2D eigenvalue weighted by molar-refractivity contribution is -0.929. The van der Waals surface area contributed by atoms with Gasteiger partial charge >= 0.3 is 0 Å². The molecule has 1 saturated heterocycles. The lowest BCUT2D eigenvalue weighted by Crippen LogP contribution is -3.16. The largest absolute Gasteiger partial charge is 1.00 e. The van der Waals surface area contributed by atoms with Gasteiger partial charge in [-0.05, 0) is 32.6 Å². The average molecular weight is 178 g/mol. The summed E-state index contributed by atoms with van der Waals surface area (Å²) in [6.45, 7) is 7.39. The summed E-state index contributed by atoms with van der Waals surface area (Å²) >= 11 is 0. The predicted molar refractivity (Wildman–Crippen MR) is 44.3 cm³/mol. The summed E-state index contributed by atoms with van der Waals surface area (Å²) in [4.78, 5) is 1.84. The van der Waals surface area contributed by atoms with Crippen LogP contribution in [0.4, 0.5) is 0 Å². The van der Waals surface area contributed by atoms with Crippen LogP contribution in [0.3, 0.4) is 0 Å². The van der Waals surface area contributed by atoms with E-state index in [4.69, 9.17) is 0 Å². The molecule has 0 aliphatic carbocycles. The SMILES string of the molecule is CCC1CCCC[NH+]1CC.[Cl-]. The minimum absolute atomic E-state index is 0. The fourth-order valence-electron chi connectivity index (χ4n) is 2.11. The van der Waals surface area contributed by atoms with Gasteiger partial charge in [0.2, 0.25) is 0 Å². The molecule has 0 aromatic carbocycles. The first-order valence-electron chi connectivity index (χ1n) is 4.73. The van der Waals surface area contributed by atoms with Crippen LogP contribution >= 0.6 is 0 Å². The summed E-state index contributed by atoms with van der Waals surface area (Å²) in [5.74, 6) is 0. The molecule has 1 heterocycles. The summed E-state index contributed by atoms with van der Waals surface area (Å²) in [6.07, 6.45) is 5.78. The van der Waals surface area contributed by atoms with Crippen LogP contribution in [0.1, 0.15) is 39.5 Å². The van der Waals surface area contributed by atoms with Crippen molar-refractivity contribution in [1.82, 2.24) is 0 Å². The van der Waals surface area contributed by atoms with Crippen molar-refractivity contribution in [2.75, 3.05) is 13.1 Å². The van der Waals surface area contributed by atoms with Crippen LogP contribution in [-0.2, 0) is 0 Å². The van der Waals surface area contributed by atoms with Crippen molar-refractivity contribution in [3.63, 3.8) is 0 Å². The fraction of sp³-hybridized carbons (Fsp3) is 1.00. The molecule has 1 aliphatic heterocycles. The lowest BCUT2D eigenvalue weighted by atomic mass is 10.0. The second-order valence-electron chi connectivity index (χ2n) is 3.36. The topological polar surface area (TPSA) is 4.44 Å². The molecule has 0 aromatic rings. The fourth-order valence-corrected chi connectivity index (χ4v) is 2.11. The summed E-state index contributed by atoms with van der Waals surface area (Å²) in [6, 6.07) is 0.985. The summed E-state index contributed by atoms with van der Waals surface area (Å²) in [5.41, 5.74) is 0. The third kappa shape index (κ3) is 3.00. The second-order valence-corrected chi connectivity index (χ2v) is 3.36. The first kappa shape index (κ1) is 11.2.